The lowest BCUT2D eigenvalue weighted by Crippen LogP contribution is -2.55. The van der Waals surface area contributed by atoms with Crippen LogP contribution in [0, 0.1) is 12.8 Å². The molecule has 0 bridgehead atoms. The fourth-order valence-corrected chi connectivity index (χ4v) is 7.31. The number of morpholine rings is 1. The summed E-state index contributed by atoms with van der Waals surface area (Å²) in [6, 6.07) is 14.1. The summed E-state index contributed by atoms with van der Waals surface area (Å²) in [6.45, 7) is 9.63. The number of aryl methyl sites for hydroxylation is 1. The van der Waals surface area contributed by atoms with Gasteiger partial charge in [0.25, 0.3) is 5.91 Å². The Balaban J connectivity index is 1.54. The van der Waals surface area contributed by atoms with E-state index < -0.39 is 28.3 Å². The molecule has 1 N–H and O–H groups in total. The maximum absolute atomic E-state index is 14.1. The second kappa shape index (κ2) is 14.8. The summed E-state index contributed by atoms with van der Waals surface area (Å²) in [5.74, 6) is -0.798. The van der Waals surface area contributed by atoms with Crippen molar-refractivity contribution >= 4 is 27.7 Å². The molecule has 2 aromatic rings. The average Bonchev–Trinajstić information content (AvgIpc) is 2.96. The van der Waals surface area contributed by atoms with Crippen LogP contribution in [0.3, 0.4) is 0 Å². The van der Waals surface area contributed by atoms with Gasteiger partial charge in [-0.1, -0.05) is 43.3 Å². The highest BCUT2D eigenvalue weighted by molar-refractivity contribution is 7.99. The van der Waals surface area contributed by atoms with E-state index in [4.69, 9.17) is 14.3 Å². The number of hydrogen-bond donors (Lipinski definition) is 1. The zero-order valence-electron chi connectivity index (χ0n) is 23.6. The van der Waals surface area contributed by atoms with Gasteiger partial charge in [-0.25, -0.2) is 18.7 Å². The standard InChI is InChI=1S/C29H41N3O6S2/c1-22(2)28(29(33)30-38-27-6-4-5-19-37-27)32(16-15-31-17-20-36-21-18-31)40(34,35)26-13-11-25(12-14-26)39-24-9-7-23(3)8-10-24/h7-14,22,27-28H,4-6,15-21H2,1-3H3,(H,30,33)/t27?,28-/m1/s1. The van der Waals surface area contributed by atoms with Gasteiger partial charge in [-0.15, -0.1) is 0 Å². The molecule has 0 aromatic heterocycles. The van der Waals surface area contributed by atoms with Gasteiger partial charge in [0, 0.05) is 49.0 Å². The highest BCUT2D eigenvalue weighted by atomic mass is 32.2. The minimum Gasteiger partial charge on any atom is -0.379 e. The molecule has 0 spiro atoms. The smallest absolute Gasteiger partial charge is 0.262 e. The van der Waals surface area contributed by atoms with Crippen LogP contribution in [0.2, 0.25) is 0 Å². The van der Waals surface area contributed by atoms with Crippen molar-refractivity contribution in [2.24, 2.45) is 5.92 Å². The minimum absolute atomic E-state index is 0.151. The van der Waals surface area contributed by atoms with E-state index in [0.29, 0.717) is 32.8 Å². The highest BCUT2D eigenvalue weighted by Crippen LogP contribution is 2.30. The Hall–Kier alpha value is -1.99. The van der Waals surface area contributed by atoms with Gasteiger partial charge in [0.2, 0.25) is 10.0 Å². The molecule has 2 saturated heterocycles. The molecular weight excluding hydrogens is 550 g/mol. The van der Waals surface area contributed by atoms with Gasteiger partial charge in [-0.2, -0.15) is 4.31 Å². The number of nitrogens with zero attached hydrogens (tertiary/aromatic N) is 2. The summed E-state index contributed by atoms with van der Waals surface area (Å²) >= 11 is 1.57. The summed E-state index contributed by atoms with van der Waals surface area (Å²) in [5.41, 5.74) is 3.69. The molecule has 2 atom stereocenters. The molecule has 2 aliphatic heterocycles. The number of nitrogens with one attached hydrogen (secondary N) is 1. The number of carbonyl (C=O) groups excluding carboxylic acids is 1. The topological polar surface area (TPSA) is 97.4 Å². The van der Waals surface area contributed by atoms with Crippen LogP contribution in [0.4, 0.5) is 0 Å². The van der Waals surface area contributed by atoms with Crippen LogP contribution >= 0.6 is 11.8 Å². The lowest BCUT2D eigenvalue weighted by atomic mass is 10.0. The van der Waals surface area contributed by atoms with Crippen LogP contribution in [0.15, 0.2) is 63.2 Å². The summed E-state index contributed by atoms with van der Waals surface area (Å²) in [5, 5.41) is 0. The van der Waals surface area contributed by atoms with Gasteiger partial charge < -0.3 is 9.47 Å². The molecule has 40 heavy (non-hydrogen) atoms. The number of sulfonamides is 1. The van der Waals surface area contributed by atoms with E-state index in [1.807, 2.05) is 45.0 Å². The molecule has 2 fully saturated rings. The summed E-state index contributed by atoms with van der Waals surface area (Å²) < 4.78 is 40.5. The maximum Gasteiger partial charge on any atom is 0.262 e. The molecular formula is C29H41N3O6S2. The van der Waals surface area contributed by atoms with E-state index in [-0.39, 0.29) is 17.4 Å². The molecule has 2 aliphatic rings. The van der Waals surface area contributed by atoms with E-state index >= 15 is 0 Å². The molecule has 1 unspecified atom stereocenters. The van der Waals surface area contributed by atoms with Gasteiger partial charge in [-0.05, 0) is 62.1 Å². The van der Waals surface area contributed by atoms with Crippen LogP contribution in [0.1, 0.15) is 38.7 Å². The van der Waals surface area contributed by atoms with Gasteiger partial charge in [-0.3, -0.25) is 9.69 Å². The fraction of sp³-hybridized carbons (Fsp3) is 0.552. The van der Waals surface area contributed by atoms with Crippen LogP contribution in [0.25, 0.3) is 0 Å². The monoisotopic (exact) mass is 591 g/mol. The second-order valence-electron chi connectivity index (χ2n) is 10.5. The Morgan fingerprint density at radius 3 is 2.30 bits per heavy atom. The third kappa shape index (κ3) is 8.51. The number of ether oxygens (including phenoxy) is 2. The second-order valence-corrected chi connectivity index (χ2v) is 13.6. The van der Waals surface area contributed by atoms with Gasteiger partial charge in [0.1, 0.15) is 6.04 Å². The summed E-state index contributed by atoms with van der Waals surface area (Å²) in [7, 11) is -4.01. The van der Waals surface area contributed by atoms with Crippen molar-refractivity contribution in [3.05, 3.63) is 54.1 Å². The normalized spacial score (nSPS) is 19.6. The van der Waals surface area contributed by atoms with Crippen molar-refractivity contribution < 1.29 is 27.5 Å². The van der Waals surface area contributed by atoms with E-state index in [0.717, 1.165) is 35.7 Å². The molecule has 220 valence electrons. The summed E-state index contributed by atoms with van der Waals surface area (Å²) in [4.78, 5) is 23.3. The quantitative estimate of drug-likeness (QED) is 0.369. The third-order valence-corrected chi connectivity index (χ3v) is 9.98. The third-order valence-electron chi connectivity index (χ3n) is 7.07. The molecule has 1 amide bonds. The summed E-state index contributed by atoms with van der Waals surface area (Å²) in [6.07, 6.45) is 2.06. The van der Waals surface area contributed by atoms with Crippen LogP contribution < -0.4 is 5.48 Å². The number of hydrogen-bond acceptors (Lipinski definition) is 8. The van der Waals surface area contributed by atoms with Crippen molar-refractivity contribution in [2.75, 3.05) is 46.0 Å². The lowest BCUT2D eigenvalue weighted by Gasteiger charge is -2.35. The Labute approximate surface area is 242 Å². The molecule has 0 radical (unpaired) electrons. The largest absolute Gasteiger partial charge is 0.379 e. The van der Waals surface area contributed by atoms with E-state index in [9.17, 15) is 13.2 Å². The average molecular weight is 592 g/mol. The number of hydroxylamine groups is 1. The Morgan fingerprint density at radius 2 is 1.70 bits per heavy atom. The number of benzene rings is 2. The van der Waals surface area contributed by atoms with Gasteiger partial charge in [0.15, 0.2) is 6.29 Å². The Bertz CT molecular complexity index is 1180. The minimum atomic E-state index is -4.01. The Kier molecular flexibility index (Phi) is 11.4. The maximum atomic E-state index is 14.1. The first-order valence-corrected chi connectivity index (χ1v) is 16.2. The molecule has 9 nitrogen and oxygen atoms in total. The predicted octanol–water partition coefficient (Wildman–Crippen LogP) is 4.07. The lowest BCUT2D eigenvalue weighted by molar-refractivity contribution is -0.202. The van der Waals surface area contributed by atoms with Gasteiger partial charge >= 0.3 is 0 Å². The van der Waals surface area contributed by atoms with Crippen molar-refractivity contribution in [3.63, 3.8) is 0 Å². The zero-order chi connectivity index (χ0) is 28.5. The van der Waals surface area contributed by atoms with Gasteiger partial charge in [0.05, 0.1) is 18.1 Å². The molecule has 2 aromatic carbocycles. The first-order chi connectivity index (χ1) is 19.2. The molecule has 2 heterocycles. The van der Waals surface area contributed by atoms with Crippen LogP contribution in [-0.4, -0.2) is 81.9 Å². The van der Waals surface area contributed by atoms with E-state index in [1.54, 1.807) is 23.9 Å². The fourth-order valence-electron chi connectivity index (χ4n) is 4.79. The SMILES string of the molecule is Cc1ccc(Sc2ccc(S(=O)(=O)N(CCN3CCOCC3)[C@@H](C(=O)NOC3CCCCO3)C(C)C)cc2)cc1. The first kappa shape index (κ1) is 31.0. The van der Waals surface area contributed by atoms with Crippen molar-refractivity contribution in [3.8, 4) is 0 Å². The number of carbonyl (C=O) groups is 1. The number of amides is 1. The zero-order valence-corrected chi connectivity index (χ0v) is 25.2. The molecule has 0 saturated carbocycles. The van der Waals surface area contributed by atoms with Crippen molar-refractivity contribution in [1.29, 1.82) is 0 Å². The highest BCUT2D eigenvalue weighted by Gasteiger charge is 2.38. The first-order valence-electron chi connectivity index (χ1n) is 14.0. The van der Waals surface area contributed by atoms with E-state index in [2.05, 4.69) is 22.5 Å². The number of rotatable bonds is 12. The molecule has 11 heteroatoms. The van der Waals surface area contributed by atoms with Crippen LogP contribution in [-0.2, 0) is 29.1 Å². The predicted molar refractivity (Wildman–Crippen MR) is 154 cm³/mol. The van der Waals surface area contributed by atoms with Crippen LogP contribution in [0.5, 0.6) is 0 Å². The molecule has 4 rings (SSSR count). The Morgan fingerprint density at radius 1 is 1.05 bits per heavy atom. The van der Waals surface area contributed by atoms with E-state index in [1.165, 1.54) is 9.87 Å². The van der Waals surface area contributed by atoms with Crippen molar-refractivity contribution in [1.82, 2.24) is 14.7 Å². The molecule has 0 aliphatic carbocycles. The van der Waals surface area contributed by atoms with Crippen molar-refractivity contribution in [2.45, 2.75) is 67.1 Å².